The lowest BCUT2D eigenvalue weighted by molar-refractivity contribution is 0.324. The molecule has 19 heavy (non-hydrogen) atoms. The van der Waals surface area contributed by atoms with Gasteiger partial charge in [0.05, 0.1) is 6.61 Å². The van der Waals surface area contributed by atoms with Crippen LogP contribution >= 0.6 is 0 Å². The molecule has 0 radical (unpaired) electrons. The van der Waals surface area contributed by atoms with Crippen molar-refractivity contribution in [3.63, 3.8) is 0 Å². The van der Waals surface area contributed by atoms with Crippen LogP contribution in [-0.4, -0.2) is 19.7 Å². The van der Waals surface area contributed by atoms with E-state index in [1.165, 1.54) is 5.56 Å². The largest absolute Gasteiger partial charge is 0.494 e. The zero-order chi connectivity index (χ0) is 14.3. The molecule has 0 bridgehead atoms. The van der Waals surface area contributed by atoms with Gasteiger partial charge < -0.3 is 10.1 Å². The molecule has 108 valence electrons. The highest BCUT2D eigenvalue weighted by atomic mass is 16.5. The van der Waals surface area contributed by atoms with Gasteiger partial charge in [-0.3, -0.25) is 0 Å². The summed E-state index contributed by atoms with van der Waals surface area (Å²) in [6.45, 7) is 14.0. The maximum absolute atomic E-state index is 5.75. The van der Waals surface area contributed by atoms with E-state index in [1.807, 2.05) is 13.0 Å². The fourth-order valence-corrected chi connectivity index (χ4v) is 2.23. The molecule has 2 heteroatoms. The molecule has 0 aromatic heterocycles. The van der Waals surface area contributed by atoms with Crippen molar-refractivity contribution in [1.29, 1.82) is 0 Å². The monoisotopic (exact) mass is 263 g/mol. The van der Waals surface area contributed by atoms with Crippen LogP contribution in [0.5, 0.6) is 5.75 Å². The molecule has 0 atom stereocenters. The van der Waals surface area contributed by atoms with E-state index in [-0.39, 0.29) is 5.41 Å². The van der Waals surface area contributed by atoms with E-state index >= 15 is 0 Å². The predicted octanol–water partition coefficient (Wildman–Crippen LogP) is 4.00. The van der Waals surface area contributed by atoms with Crippen LogP contribution in [-0.2, 0) is 5.41 Å². The lowest BCUT2D eigenvalue weighted by Gasteiger charge is -2.27. The quantitative estimate of drug-likeness (QED) is 0.716. The molecule has 0 aliphatic heterocycles. The first-order chi connectivity index (χ1) is 8.97. The third-order valence-corrected chi connectivity index (χ3v) is 3.40. The van der Waals surface area contributed by atoms with Crippen LogP contribution in [0, 0.1) is 5.92 Å². The Hall–Kier alpha value is -1.02. The van der Waals surface area contributed by atoms with E-state index < -0.39 is 0 Å². The second-order valence-corrected chi connectivity index (χ2v) is 6.16. The average Bonchev–Trinajstić information content (AvgIpc) is 2.35. The van der Waals surface area contributed by atoms with Gasteiger partial charge in [-0.05, 0) is 49.4 Å². The van der Waals surface area contributed by atoms with E-state index in [0.29, 0.717) is 5.92 Å². The third kappa shape index (κ3) is 5.23. The second-order valence-electron chi connectivity index (χ2n) is 6.16. The van der Waals surface area contributed by atoms with Gasteiger partial charge in [0.15, 0.2) is 0 Å². The summed E-state index contributed by atoms with van der Waals surface area (Å²) in [4.78, 5) is 0. The Morgan fingerprint density at radius 3 is 2.53 bits per heavy atom. The maximum atomic E-state index is 5.75. The van der Waals surface area contributed by atoms with E-state index in [9.17, 15) is 0 Å². The average molecular weight is 263 g/mol. The Balaban J connectivity index is 2.65. The van der Waals surface area contributed by atoms with Gasteiger partial charge in [-0.25, -0.2) is 0 Å². The van der Waals surface area contributed by atoms with Crippen molar-refractivity contribution in [2.45, 2.75) is 46.5 Å². The minimum atomic E-state index is 0.135. The second kappa shape index (κ2) is 7.54. The van der Waals surface area contributed by atoms with Crippen molar-refractivity contribution in [3.05, 3.63) is 29.8 Å². The number of para-hydroxylation sites is 1. The molecule has 1 rings (SSSR count). The summed E-state index contributed by atoms with van der Waals surface area (Å²) in [6, 6.07) is 8.40. The molecular formula is C17H29NO. The highest BCUT2D eigenvalue weighted by Crippen LogP contribution is 2.33. The summed E-state index contributed by atoms with van der Waals surface area (Å²) in [6.07, 6.45) is 1.11. The molecule has 0 saturated carbocycles. The molecule has 0 heterocycles. The molecule has 1 aromatic carbocycles. The number of rotatable bonds is 8. The van der Waals surface area contributed by atoms with Gasteiger partial charge in [0.25, 0.3) is 0 Å². The summed E-state index contributed by atoms with van der Waals surface area (Å²) < 4.78 is 5.75. The van der Waals surface area contributed by atoms with Crippen LogP contribution in [0.2, 0.25) is 0 Å². The lowest BCUT2D eigenvalue weighted by atomic mass is 9.81. The topological polar surface area (TPSA) is 21.3 Å². The van der Waals surface area contributed by atoms with Crippen LogP contribution < -0.4 is 10.1 Å². The molecule has 0 aliphatic carbocycles. The zero-order valence-electron chi connectivity index (χ0n) is 13.1. The minimum absolute atomic E-state index is 0.135. The Kier molecular flexibility index (Phi) is 6.36. The third-order valence-electron chi connectivity index (χ3n) is 3.40. The number of benzene rings is 1. The number of hydrogen-bond acceptors (Lipinski definition) is 2. The lowest BCUT2D eigenvalue weighted by Crippen LogP contribution is -2.28. The molecule has 0 amide bonds. The summed E-state index contributed by atoms with van der Waals surface area (Å²) in [7, 11) is 0. The van der Waals surface area contributed by atoms with Crippen molar-refractivity contribution in [3.8, 4) is 5.75 Å². The first-order valence-corrected chi connectivity index (χ1v) is 7.40. The molecule has 1 aromatic rings. The van der Waals surface area contributed by atoms with Gasteiger partial charge in [-0.2, -0.15) is 0 Å². The molecule has 0 fully saturated rings. The van der Waals surface area contributed by atoms with Crippen LogP contribution in [0.25, 0.3) is 0 Å². The minimum Gasteiger partial charge on any atom is -0.494 e. The molecule has 1 N–H and O–H groups in total. The molecule has 0 unspecified atom stereocenters. The number of ether oxygens (including phenoxy) is 1. The molecule has 0 aliphatic rings. The molecule has 2 nitrogen and oxygen atoms in total. The van der Waals surface area contributed by atoms with E-state index in [4.69, 9.17) is 4.74 Å². The van der Waals surface area contributed by atoms with Crippen molar-refractivity contribution in [2.75, 3.05) is 19.7 Å². The van der Waals surface area contributed by atoms with Gasteiger partial charge >= 0.3 is 0 Å². The number of nitrogens with one attached hydrogen (secondary N) is 1. The Morgan fingerprint density at radius 1 is 1.21 bits per heavy atom. The predicted molar refractivity (Wildman–Crippen MR) is 83.0 cm³/mol. The normalized spacial score (nSPS) is 11.9. The Labute approximate surface area is 118 Å². The zero-order valence-corrected chi connectivity index (χ0v) is 13.1. The highest BCUT2D eigenvalue weighted by Gasteiger charge is 2.23. The van der Waals surface area contributed by atoms with Gasteiger partial charge in [0.2, 0.25) is 0 Å². The summed E-state index contributed by atoms with van der Waals surface area (Å²) in [5.74, 6) is 1.73. The standard InChI is InChI=1S/C17H29NO/c1-6-19-16-10-8-7-9-15(16)17(4,5)11-12-18-13-14(2)3/h7-10,14,18H,6,11-13H2,1-5H3. The molecule has 0 saturated heterocycles. The summed E-state index contributed by atoms with van der Waals surface area (Å²) in [5, 5.41) is 3.52. The van der Waals surface area contributed by atoms with Crippen molar-refractivity contribution < 1.29 is 4.74 Å². The van der Waals surface area contributed by atoms with Gasteiger partial charge in [0.1, 0.15) is 5.75 Å². The SMILES string of the molecule is CCOc1ccccc1C(C)(C)CCNCC(C)C. The van der Waals surface area contributed by atoms with Crippen LogP contribution in [0.1, 0.15) is 46.6 Å². The van der Waals surface area contributed by atoms with E-state index in [1.54, 1.807) is 0 Å². The van der Waals surface area contributed by atoms with Crippen molar-refractivity contribution in [1.82, 2.24) is 5.32 Å². The number of hydrogen-bond donors (Lipinski definition) is 1. The summed E-state index contributed by atoms with van der Waals surface area (Å²) >= 11 is 0. The van der Waals surface area contributed by atoms with Crippen molar-refractivity contribution >= 4 is 0 Å². The first kappa shape index (κ1) is 16.0. The first-order valence-electron chi connectivity index (χ1n) is 7.40. The highest BCUT2D eigenvalue weighted by molar-refractivity contribution is 5.38. The van der Waals surface area contributed by atoms with Crippen LogP contribution in [0.3, 0.4) is 0 Å². The van der Waals surface area contributed by atoms with Crippen LogP contribution in [0.15, 0.2) is 24.3 Å². The smallest absolute Gasteiger partial charge is 0.123 e. The van der Waals surface area contributed by atoms with E-state index in [0.717, 1.165) is 31.9 Å². The van der Waals surface area contributed by atoms with Gasteiger partial charge in [0, 0.05) is 0 Å². The van der Waals surface area contributed by atoms with Crippen LogP contribution in [0.4, 0.5) is 0 Å². The molecule has 0 spiro atoms. The van der Waals surface area contributed by atoms with E-state index in [2.05, 4.69) is 51.2 Å². The molecular weight excluding hydrogens is 234 g/mol. The Bertz CT molecular complexity index is 371. The fraction of sp³-hybridized carbons (Fsp3) is 0.647. The maximum Gasteiger partial charge on any atom is 0.123 e. The fourth-order valence-electron chi connectivity index (χ4n) is 2.23. The van der Waals surface area contributed by atoms with Gasteiger partial charge in [-0.15, -0.1) is 0 Å². The Morgan fingerprint density at radius 2 is 1.89 bits per heavy atom. The summed E-state index contributed by atoms with van der Waals surface area (Å²) in [5.41, 5.74) is 1.44. The van der Waals surface area contributed by atoms with Crippen molar-refractivity contribution in [2.24, 2.45) is 5.92 Å². The van der Waals surface area contributed by atoms with Gasteiger partial charge in [-0.1, -0.05) is 45.9 Å².